The van der Waals surface area contributed by atoms with E-state index in [-0.39, 0.29) is 12.1 Å². The Balaban J connectivity index is 1.66. The highest BCUT2D eigenvalue weighted by atomic mass is 16.3. The minimum atomic E-state index is -0.0324. The number of aryl methyl sites for hydroxylation is 1. The summed E-state index contributed by atoms with van der Waals surface area (Å²) in [5.74, 6) is 0.599. The molecule has 0 saturated heterocycles. The van der Waals surface area contributed by atoms with Gasteiger partial charge < -0.3 is 15.3 Å². The first kappa shape index (κ1) is 14.9. The molecule has 3 heteroatoms. The number of hydrogen-bond donors (Lipinski definition) is 2. The maximum absolute atomic E-state index is 9.81. The number of nitrogens with one attached hydrogen (secondary N) is 1. The zero-order valence-corrected chi connectivity index (χ0v) is 13.1. The minimum absolute atomic E-state index is 0.0324. The highest BCUT2D eigenvalue weighted by molar-refractivity contribution is 5.55. The molecule has 3 rings (SSSR count). The third-order valence-electron chi connectivity index (χ3n) is 5.69. The van der Waals surface area contributed by atoms with Crippen LogP contribution in [0.4, 0.5) is 5.69 Å². The van der Waals surface area contributed by atoms with E-state index in [0.717, 1.165) is 13.0 Å². The lowest BCUT2D eigenvalue weighted by atomic mass is 9.85. The lowest BCUT2D eigenvalue weighted by molar-refractivity contribution is 0.128. The monoisotopic (exact) mass is 288 g/mol. The predicted octanol–water partition coefficient (Wildman–Crippen LogP) is 2.58. The van der Waals surface area contributed by atoms with Crippen molar-refractivity contribution < 1.29 is 5.11 Å². The van der Waals surface area contributed by atoms with Crippen LogP contribution in [0.25, 0.3) is 0 Å². The molecule has 1 heterocycles. The van der Waals surface area contributed by atoms with Crippen molar-refractivity contribution in [1.82, 2.24) is 5.32 Å². The van der Waals surface area contributed by atoms with E-state index in [9.17, 15) is 5.11 Å². The quantitative estimate of drug-likeness (QED) is 0.874. The first-order chi connectivity index (χ1) is 10.3. The molecule has 2 aliphatic rings. The summed E-state index contributed by atoms with van der Waals surface area (Å²) in [6.07, 6.45) is 7.25. The molecule has 0 radical (unpaired) electrons. The Morgan fingerprint density at radius 1 is 1.33 bits per heavy atom. The molecule has 0 amide bonds. The summed E-state index contributed by atoms with van der Waals surface area (Å²) >= 11 is 0. The highest BCUT2D eigenvalue weighted by Crippen LogP contribution is 2.38. The van der Waals surface area contributed by atoms with Crippen LogP contribution >= 0.6 is 0 Å². The molecular formula is C18H28N2O. The summed E-state index contributed by atoms with van der Waals surface area (Å²) in [5.41, 5.74) is 2.90. The van der Waals surface area contributed by atoms with E-state index in [2.05, 4.69) is 34.5 Å². The number of likely N-dealkylation sites (N-methyl/N-ethyl adjacent to an activating group) is 1. The van der Waals surface area contributed by atoms with Crippen LogP contribution in [0.15, 0.2) is 24.3 Å². The van der Waals surface area contributed by atoms with E-state index in [1.807, 2.05) is 7.05 Å². The van der Waals surface area contributed by atoms with Gasteiger partial charge in [-0.3, -0.25) is 0 Å². The maximum atomic E-state index is 9.81. The number of anilines is 1. The Morgan fingerprint density at radius 3 is 3.00 bits per heavy atom. The summed E-state index contributed by atoms with van der Waals surface area (Å²) in [6.45, 7) is 2.56. The van der Waals surface area contributed by atoms with Crippen molar-refractivity contribution in [2.75, 3.05) is 31.6 Å². The van der Waals surface area contributed by atoms with Gasteiger partial charge in [0.25, 0.3) is 0 Å². The van der Waals surface area contributed by atoms with Crippen molar-refractivity contribution in [1.29, 1.82) is 0 Å². The molecule has 2 atom stereocenters. The SMILES string of the molecule is CNC1(CO)CCCC1CCN1CCCc2ccccc21. The number of nitrogens with zero attached hydrogens (tertiary/aromatic N) is 1. The van der Waals surface area contributed by atoms with E-state index >= 15 is 0 Å². The smallest absolute Gasteiger partial charge is 0.0615 e. The Bertz CT molecular complexity index is 470. The number of hydrogen-bond acceptors (Lipinski definition) is 3. The van der Waals surface area contributed by atoms with E-state index in [1.54, 1.807) is 0 Å². The molecule has 0 spiro atoms. The van der Waals surface area contributed by atoms with Gasteiger partial charge >= 0.3 is 0 Å². The van der Waals surface area contributed by atoms with Gasteiger partial charge in [0.05, 0.1) is 6.61 Å². The van der Waals surface area contributed by atoms with Gasteiger partial charge in [-0.05, 0) is 56.7 Å². The largest absolute Gasteiger partial charge is 0.394 e. The molecule has 1 saturated carbocycles. The van der Waals surface area contributed by atoms with Gasteiger partial charge in [-0.1, -0.05) is 24.6 Å². The predicted molar refractivity (Wildman–Crippen MR) is 87.8 cm³/mol. The average molecular weight is 288 g/mol. The van der Waals surface area contributed by atoms with Gasteiger partial charge in [-0.15, -0.1) is 0 Å². The number of aliphatic hydroxyl groups excluding tert-OH is 1. The molecule has 1 aliphatic heterocycles. The fraction of sp³-hybridized carbons (Fsp3) is 0.667. The molecule has 2 unspecified atom stereocenters. The van der Waals surface area contributed by atoms with Gasteiger partial charge in [0.2, 0.25) is 0 Å². The van der Waals surface area contributed by atoms with Crippen molar-refractivity contribution in [3.05, 3.63) is 29.8 Å². The van der Waals surface area contributed by atoms with Gasteiger partial charge in [0, 0.05) is 24.3 Å². The number of para-hydroxylation sites is 1. The molecule has 0 bridgehead atoms. The number of fused-ring (bicyclic) bond motifs is 1. The zero-order valence-electron chi connectivity index (χ0n) is 13.1. The molecule has 1 aromatic carbocycles. The summed E-state index contributed by atoms with van der Waals surface area (Å²) in [4.78, 5) is 2.55. The van der Waals surface area contributed by atoms with Crippen LogP contribution < -0.4 is 10.2 Å². The molecule has 0 aromatic heterocycles. The Hall–Kier alpha value is -1.06. The van der Waals surface area contributed by atoms with Gasteiger partial charge in [-0.25, -0.2) is 0 Å². The van der Waals surface area contributed by atoms with Crippen molar-refractivity contribution >= 4 is 5.69 Å². The number of rotatable bonds is 5. The van der Waals surface area contributed by atoms with Gasteiger partial charge in [0.15, 0.2) is 0 Å². The van der Waals surface area contributed by atoms with Gasteiger partial charge in [-0.2, -0.15) is 0 Å². The third kappa shape index (κ3) is 2.82. The molecule has 1 aromatic rings. The fourth-order valence-electron chi connectivity index (χ4n) is 4.34. The molecule has 1 fully saturated rings. The van der Waals surface area contributed by atoms with E-state index in [0.29, 0.717) is 5.92 Å². The second kappa shape index (κ2) is 6.37. The Kier molecular flexibility index (Phi) is 4.51. The first-order valence-corrected chi connectivity index (χ1v) is 8.42. The Morgan fingerprint density at radius 2 is 2.19 bits per heavy atom. The molecule has 21 heavy (non-hydrogen) atoms. The van der Waals surface area contributed by atoms with E-state index < -0.39 is 0 Å². The topological polar surface area (TPSA) is 35.5 Å². The second-order valence-electron chi connectivity index (χ2n) is 6.66. The standard InChI is InChI=1S/C18H28N2O/c1-19-18(14-21)11-4-8-16(18)10-13-20-12-5-7-15-6-2-3-9-17(15)20/h2-3,6,9,16,19,21H,4-5,7-8,10-14H2,1H3. The lowest BCUT2D eigenvalue weighted by Gasteiger charge is -2.37. The number of benzene rings is 1. The zero-order chi connectivity index (χ0) is 14.7. The fourth-order valence-corrected chi connectivity index (χ4v) is 4.34. The molecule has 116 valence electrons. The van der Waals surface area contributed by atoms with Crippen molar-refractivity contribution in [2.45, 2.75) is 44.1 Å². The average Bonchev–Trinajstić information content (AvgIpc) is 2.96. The summed E-state index contributed by atoms with van der Waals surface area (Å²) in [6, 6.07) is 8.83. The van der Waals surface area contributed by atoms with Crippen LogP contribution in [-0.4, -0.2) is 37.4 Å². The van der Waals surface area contributed by atoms with Crippen molar-refractivity contribution in [2.24, 2.45) is 5.92 Å². The van der Waals surface area contributed by atoms with E-state index in [4.69, 9.17) is 0 Å². The van der Waals surface area contributed by atoms with Crippen LogP contribution in [0.3, 0.4) is 0 Å². The van der Waals surface area contributed by atoms with Gasteiger partial charge in [0.1, 0.15) is 0 Å². The van der Waals surface area contributed by atoms with Crippen molar-refractivity contribution in [3.63, 3.8) is 0 Å². The van der Waals surface area contributed by atoms with Crippen LogP contribution in [0.2, 0.25) is 0 Å². The molecule has 2 N–H and O–H groups in total. The maximum Gasteiger partial charge on any atom is 0.0615 e. The summed E-state index contributed by atoms with van der Waals surface area (Å²) in [5, 5.41) is 13.2. The summed E-state index contributed by atoms with van der Waals surface area (Å²) in [7, 11) is 2.00. The normalized spacial score (nSPS) is 28.7. The summed E-state index contributed by atoms with van der Waals surface area (Å²) < 4.78 is 0. The van der Waals surface area contributed by atoms with Crippen molar-refractivity contribution in [3.8, 4) is 0 Å². The molecule has 1 aliphatic carbocycles. The van der Waals surface area contributed by atoms with Crippen LogP contribution in [0.1, 0.15) is 37.7 Å². The van der Waals surface area contributed by atoms with Crippen LogP contribution in [-0.2, 0) is 6.42 Å². The second-order valence-corrected chi connectivity index (χ2v) is 6.66. The molecule has 3 nitrogen and oxygen atoms in total. The Labute approximate surface area is 128 Å². The van der Waals surface area contributed by atoms with Crippen LogP contribution in [0, 0.1) is 5.92 Å². The molecular weight excluding hydrogens is 260 g/mol. The van der Waals surface area contributed by atoms with E-state index in [1.165, 1.54) is 49.9 Å². The highest BCUT2D eigenvalue weighted by Gasteiger charge is 2.40. The third-order valence-corrected chi connectivity index (χ3v) is 5.69. The lowest BCUT2D eigenvalue weighted by Crippen LogP contribution is -2.50. The van der Waals surface area contributed by atoms with Crippen LogP contribution in [0.5, 0.6) is 0 Å². The number of aliphatic hydroxyl groups is 1. The minimum Gasteiger partial charge on any atom is -0.394 e. The first-order valence-electron chi connectivity index (χ1n) is 8.42.